The SMILES string of the molecule is CO[C@@H]1[C@H](OC(=O)NCCOC(=O)[C@H](C)NC(=O)[C@@H](N)CCCS)CC[C@]2(CO2)[C@H]1[C@@]1(C)O[C@@H]1CC=C(C)C. The fourth-order valence-electron chi connectivity index (χ4n) is 5.50. The maximum atomic E-state index is 12.6. The second-order valence-corrected chi connectivity index (χ2v) is 11.6. The van der Waals surface area contributed by atoms with Gasteiger partial charge in [0.15, 0.2) is 0 Å². The van der Waals surface area contributed by atoms with Gasteiger partial charge in [-0.05, 0) is 65.6 Å². The fraction of sp³-hybridized carbons (Fsp3) is 0.815. The topological polar surface area (TPSA) is 154 Å². The third-order valence-electron chi connectivity index (χ3n) is 7.83. The van der Waals surface area contributed by atoms with Crippen LogP contribution < -0.4 is 16.4 Å². The van der Waals surface area contributed by atoms with E-state index in [0.717, 1.165) is 12.8 Å². The molecule has 2 saturated heterocycles. The largest absolute Gasteiger partial charge is 0.462 e. The molecule has 2 aliphatic heterocycles. The molecule has 2 amide bonds. The number of ether oxygens (including phenoxy) is 5. The van der Waals surface area contributed by atoms with Gasteiger partial charge in [0.05, 0.1) is 31.2 Å². The first kappa shape index (κ1) is 31.7. The van der Waals surface area contributed by atoms with Gasteiger partial charge in [-0.25, -0.2) is 9.59 Å². The summed E-state index contributed by atoms with van der Waals surface area (Å²) in [5, 5.41) is 5.16. The van der Waals surface area contributed by atoms with Crippen LogP contribution in [-0.4, -0.2) is 92.2 Å². The van der Waals surface area contributed by atoms with Crippen molar-refractivity contribution in [2.45, 2.75) is 101 Å². The molecule has 11 nitrogen and oxygen atoms in total. The van der Waals surface area contributed by atoms with Crippen LogP contribution in [0, 0.1) is 5.92 Å². The number of methoxy groups -OCH3 is 1. The molecule has 0 radical (unpaired) electrons. The number of thiol groups is 1. The number of hydrogen-bond donors (Lipinski definition) is 4. The third-order valence-corrected chi connectivity index (χ3v) is 8.15. The van der Waals surface area contributed by atoms with Gasteiger partial charge in [-0.15, -0.1) is 0 Å². The molecule has 12 heteroatoms. The van der Waals surface area contributed by atoms with E-state index in [0.29, 0.717) is 31.6 Å². The van der Waals surface area contributed by atoms with Crippen LogP contribution in [0.2, 0.25) is 0 Å². The minimum Gasteiger partial charge on any atom is -0.462 e. The van der Waals surface area contributed by atoms with Crippen molar-refractivity contribution in [2.75, 3.05) is 32.6 Å². The van der Waals surface area contributed by atoms with Gasteiger partial charge in [-0.1, -0.05) is 11.6 Å². The Bertz CT molecular complexity index is 909. The molecular weight excluding hydrogens is 526 g/mol. The summed E-state index contributed by atoms with van der Waals surface area (Å²) in [7, 11) is 1.62. The van der Waals surface area contributed by atoms with Crippen LogP contribution in [0.4, 0.5) is 4.79 Å². The number of carbonyl (C=O) groups excluding carboxylic acids is 3. The maximum absolute atomic E-state index is 12.6. The van der Waals surface area contributed by atoms with E-state index in [-0.39, 0.29) is 36.9 Å². The summed E-state index contributed by atoms with van der Waals surface area (Å²) in [5.41, 5.74) is 6.32. The van der Waals surface area contributed by atoms with Crippen molar-refractivity contribution in [1.82, 2.24) is 10.6 Å². The van der Waals surface area contributed by atoms with Crippen LogP contribution in [0.25, 0.3) is 0 Å². The van der Waals surface area contributed by atoms with Gasteiger partial charge in [0.1, 0.15) is 36.1 Å². The zero-order valence-electron chi connectivity index (χ0n) is 23.7. The van der Waals surface area contributed by atoms with Crippen LogP contribution in [0.3, 0.4) is 0 Å². The summed E-state index contributed by atoms with van der Waals surface area (Å²) in [6.07, 6.45) is 4.12. The average Bonchev–Trinajstić information content (AvgIpc) is 3.81. The Balaban J connectivity index is 1.44. The fourth-order valence-corrected chi connectivity index (χ4v) is 5.68. The van der Waals surface area contributed by atoms with Crippen LogP contribution in [0.15, 0.2) is 11.6 Å². The summed E-state index contributed by atoms with van der Waals surface area (Å²) in [6.45, 7) is 8.37. The van der Waals surface area contributed by atoms with Gasteiger partial charge in [0, 0.05) is 7.11 Å². The second-order valence-electron chi connectivity index (χ2n) is 11.1. The molecule has 222 valence electrons. The molecular formula is C27H45N3O8S. The molecule has 1 saturated carbocycles. The second kappa shape index (κ2) is 13.7. The molecule has 0 aromatic rings. The lowest BCUT2D eigenvalue weighted by molar-refractivity contribution is -0.147. The van der Waals surface area contributed by atoms with Gasteiger partial charge in [0.25, 0.3) is 0 Å². The van der Waals surface area contributed by atoms with Gasteiger partial charge in [-0.3, -0.25) is 4.79 Å². The lowest BCUT2D eigenvalue weighted by Gasteiger charge is -2.42. The van der Waals surface area contributed by atoms with E-state index < -0.39 is 41.8 Å². The Morgan fingerprint density at radius 2 is 2.00 bits per heavy atom. The summed E-state index contributed by atoms with van der Waals surface area (Å²) >= 11 is 4.10. The number of carbonyl (C=O) groups is 3. The normalized spacial score (nSPS) is 32.5. The Morgan fingerprint density at radius 3 is 2.62 bits per heavy atom. The minimum absolute atomic E-state index is 0.0547. The highest BCUT2D eigenvalue weighted by atomic mass is 32.1. The molecule has 1 spiro atoms. The first-order chi connectivity index (χ1) is 18.5. The number of hydrogen-bond acceptors (Lipinski definition) is 10. The quantitative estimate of drug-likeness (QED) is 0.0804. The molecule has 0 bridgehead atoms. The lowest BCUT2D eigenvalue weighted by Crippen LogP contribution is -2.56. The van der Waals surface area contributed by atoms with E-state index >= 15 is 0 Å². The monoisotopic (exact) mass is 571 g/mol. The molecule has 1 aliphatic carbocycles. The van der Waals surface area contributed by atoms with Crippen LogP contribution >= 0.6 is 12.6 Å². The zero-order valence-corrected chi connectivity index (χ0v) is 24.6. The molecule has 0 unspecified atom stereocenters. The summed E-state index contributed by atoms with van der Waals surface area (Å²) in [4.78, 5) is 36.8. The molecule has 0 aromatic carbocycles. The number of rotatable bonds is 14. The number of nitrogens with one attached hydrogen (secondary N) is 2. The molecule has 3 fully saturated rings. The Kier molecular flexibility index (Phi) is 11.1. The smallest absolute Gasteiger partial charge is 0.407 e. The average molecular weight is 572 g/mol. The summed E-state index contributed by atoms with van der Waals surface area (Å²) < 4.78 is 28.9. The molecule has 2 heterocycles. The summed E-state index contributed by atoms with van der Waals surface area (Å²) in [5.74, 6) is -0.486. The van der Waals surface area contributed by atoms with Crippen molar-refractivity contribution in [1.29, 1.82) is 0 Å². The number of alkyl carbamates (subject to hydrolysis) is 1. The van der Waals surface area contributed by atoms with Crippen molar-refractivity contribution < 1.29 is 38.1 Å². The molecule has 0 aromatic heterocycles. The molecule has 39 heavy (non-hydrogen) atoms. The molecule has 3 rings (SSSR count). The highest BCUT2D eigenvalue weighted by molar-refractivity contribution is 7.80. The number of allylic oxidation sites excluding steroid dienone is 1. The van der Waals surface area contributed by atoms with E-state index in [4.69, 9.17) is 29.4 Å². The summed E-state index contributed by atoms with van der Waals surface area (Å²) in [6, 6.07) is -1.57. The first-order valence-corrected chi connectivity index (χ1v) is 14.4. The van der Waals surface area contributed by atoms with E-state index in [1.165, 1.54) is 12.5 Å². The van der Waals surface area contributed by atoms with Crippen molar-refractivity contribution in [2.24, 2.45) is 11.7 Å². The van der Waals surface area contributed by atoms with Crippen molar-refractivity contribution >= 4 is 30.6 Å². The van der Waals surface area contributed by atoms with Gasteiger partial charge >= 0.3 is 12.1 Å². The molecule has 8 atom stereocenters. The van der Waals surface area contributed by atoms with Crippen molar-refractivity contribution in [3.63, 3.8) is 0 Å². The minimum atomic E-state index is -0.864. The predicted molar refractivity (Wildman–Crippen MR) is 147 cm³/mol. The van der Waals surface area contributed by atoms with E-state index in [2.05, 4.69) is 50.1 Å². The van der Waals surface area contributed by atoms with Crippen LogP contribution in [-0.2, 0) is 33.3 Å². The highest BCUT2D eigenvalue weighted by Gasteiger charge is 2.72. The molecule has 4 N–H and O–H groups in total. The van der Waals surface area contributed by atoms with Crippen LogP contribution in [0.1, 0.15) is 59.8 Å². The maximum Gasteiger partial charge on any atom is 0.407 e. The van der Waals surface area contributed by atoms with Gasteiger partial charge < -0.3 is 40.1 Å². The van der Waals surface area contributed by atoms with Crippen LogP contribution in [0.5, 0.6) is 0 Å². The van der Waals surface area contributed by atoms with E-state index in [1.54, 1.807) is 7.11 Å². The Labute approximate surface area is 236 Å². The third kappa shape index (κ3) is 8.09. The molecule has 3 aliphatic rings. The van der Waals surface area contributed by atoms with E-state index in [9.17, 15) is 14.4 Å². The predicted octanol–water partition coefficient (Wildman–Crippen LogP) is 1.87. The van der Waals surface area contributed by atoms with Crippen molar-refractivity contribution in [3.8, 4) is 0 Å². The first-order valence-electron chi connectivity index (χ1n) is 13.7. The number of esters is 1. The van der Waals surface area contributed by atoms with Crippen molar-refractivity contribution in [3.05, 3.63) is 11.6 Å². The van der Waals surface area contributed by atoms with Gasteiger partial charge in [-0.2, -0.15) is 12.6 Å². The highest BCUT2D eigenvalue weighted by Crippen LogP contribution is 2.59. The van der Waals surface area contributed by atoms with Gasteiger partial charge in [0.2, 0.25) is 5.91 Å². The number of epoxide rings is 2. The van der Waals surface area contributed by atoms with E-state index in [1.807, 2.05) is 0 Å². The zero-order chi connectivity index (χ0) is 28.8. The Hall–Kier alpha value is -1.86. The Morgan fingerprint density at radius 1 is 1.28 bits per heavy atom. The lowest BCUT2D eigenvalue weighted by atomic mass is 9.68. The number of amides is 2. The standard InChI is InChI=1S/C27H45N3O8S/c1-16(2)8-9-20-26(4,38-20)22-21(34-5)19(10-11-27(22)15-36-27)37-25(33)29-12-13-35-24(32)17(3)30-23(31)18(28)7-6-14-39/h8,17-22,39H,6-7,9-15,28H2,1-5H3,(H,29,33)(H,30,31)/t17-,18-,19+,20+,21+,22+,26-,27-/m0/s1. The number of nitrogens with two attached hydrogens (primary N) is 1.